The molecule has 3 fully saturated rings. The molecule has 8 heteroatoms. The third-order valence-electron chi connectivity index (χ3n) is 7.05. The van der Waals surface area contributed by atoms with Crippen LogP contribution in [0, 0.1) is 11.8 Å². The predicted octanol–water partition coefficient (Wildman–Crippen LogP) is 1.68. The standard InChI is InChI=1S/C24H36N2O6/c1-5-9-16(4)25(12-6-2)22(29)20-24-11-10-17(32-24)18(23(30)31-15-7-3)19(24)21(28)26(20)13-8-14-27/h6-7,16-20,27H,2-3,5,8-15H2,1,4H3/t16?,17-,18+,19-,20?,24?/m0/s1. The van der Waals surface area contributed by atoms with Crippen LogP contribution in [0.4, 0.5) is 0 Å². The van der Waals surface area contributed by atoms with E-state index >= 15 is 0 Å². The van der Waals surface area contributed by atoms with Gasteiger partial charge in [-0.15, -0.1) is 6.58 Å². The smallest absolute Gasteiger partial charge is 0.312 e. The molecule has 8 nitrogen and oxygen atoms in total. The van der Waals surface area contributed by atoms with Gasteiger partial charge in [-0.25, -0.2) is 0 Å². The van der Waals surface area contributed by atoms with E-state index in [1.54, 1.807) is 11.0 Å². The van der Waals surface area contributed by atoms with Crippen LogP contribution < -0.4 is 0 Å². The summed E-state index contributed by atoms with van der Waals surface area (Å²) in [6, 6.07) is -0.851. The second-order valence-electron chi connectivity index (χ2n) is 9.00. The zero-order valence-electron chi connectivity index (χ0n) is 19.2. The molecule has 3 rings (SSSR count). The van der Waals surface area contributed by atoms with Crippen molar-refractivity contribution < 1.29 is 29.0 Å². The number of aliphatic hydroxyl groups is 1. The molecule has 3 heterocycles. The Labute approximate surface area is 190 Å². The van der Waals surface area contributed by atoms with Gasteiger partial charge in [-0.3, -0.25) is 14.4 Å². The topological polar surface area (TPSA) is 96.4 Å². The maximum atomic E-state index is 14.0. The number of fused-ring (bicyclic) bond motifs is 1. The van der Waals surface area contributed by atoms with Gasteiger partial charge in [0.1, 0.15) is 18.2 Å². The molecular formula is C24H36N2O6. The van der Waals surface area contributed by atoms with Crippen LogP contribution in [0.2, 0.25) is 0 Å². The Hall–Kier alpha value is -2.19. The van der Waals surface area contributed by atoms with Gasteiger partial charge in [0.15, 0.2) is 0 Å². The Morgan fingerprint density at radius 1 is 1.41 bits per heavy atom. The van der Waals surface area contributed by atoms with E-state index in [-0.39, 0.29) is 37.6 Å². The van der Waals surface area contributed by atoms with Crippen molar-refractivity contribution in [1.29, 1.82) is 0 Å². The maximum Gasteiger partial charge on any atom is 0.312 e. The van der Waals surface area contributed by atoms with Crippen LogP contribution in [0.3, 0.4) is 0 Å². The van der Waals surface area contributed by atoms with Crippen molar-refractivity contribution in [2.24, 2.45) is 11.8 Å². The summed E-state index contributed by atoms with van der Waals surface area (Å²) in [5.74, 6) is -2.40. The van der Waals surface area contributed by atoms with E-state index < -0.39 is 35.6 Å². The van der Waals surface area contributed by atoms with Crippen molar-refractivity contribution in [2.75, 3.05) is 26.3 Å². The molecule has 2 bridgehead atoms. The SMILES string of the molecule is C=CCOC(=O)[C@@H]1[C@@H]2CCC3(O2)C(C(=O)N(CC=C)C(C)CCC)N(CCCO)C(=O)[C@H]13. The van der Waals surface area contributed by atoms with Gasteiger partial charge in [0.2, 0.25) is 11.8 Å². The first-order valence-corrected chi connectivity index (χ1v) is 11.7. The van der Waals surface area contributed by atoms with Crippen molar-refractivity contribution in [1.82, 2.24) is 9.80 Å². The number of hydrogen-bond acceptors (Lipinski definition) is 6. The summed E-state index contributed by atoms with van der Waals surface area (Å²) < 4.78 is 11.6. The van der Waals surface area contributed by atoms with Crippen molar-refractivity contribution in [3.05, 3.63) is 25.3 Å². The average Bonchev–Trinajstić information content (AvgIpc) is 3.41. The first-order valence-electron chi connectivity index (χ1n) is 11.7. The summed E-state index contributed by atoms with van der Waals surface area (Å²) in [7, 11) is 0. The quantitative estimate of drug-likeness (QED) is 0.360. The van der Waals surface area contributed by atoms with Gasteiger partial charge < -0.3 is 24.4 Å². The number of amides is 2. The first-order chi connectivity index (χ1) is 15.4. The fourth-order valence-electron chi connectivity index (χ4n) is 5.78. The molecule has 3 aliphatic heterocycles. The van der Waals surface area contributed by atoms with Crippen LogP contribution >= 0.6 is 0 Å². The van der Waals surface area contributed by atoms with Gasteiger partial charge in [0.25, 0.3) is 0 Å². The highest BCUT2D eigenvalue weighted by Gasteiger charge is 2.75. The van der Waals surface area contributed by atoms with Crippen LogP contribution in [0.15, 0.2) is 25.3 Å². The summed E-state index contributed by atoms with van der Waals surface area (Å²) >= 11 is 0. The number of nitrogens with zero attached hydrogens (tertiary/aromatic N) is 2. The number of ether oxygens (including phenoxy) is 2. The molecule has 0 saturated carbocycles. The lowest BCUT2D eigenvalue weighted by Crippen LogP contribution is -2.58. The second-order valence-corrected chi connectivity index (χ2v) is 9.00. The lowest BCUT2D eigenvalue weighted by Gasteiger charge is -2.38. The zero-order chi connectivity index (χ0) is 23.5. The van der Waals surface area contributed by atoms with Crippen LogP contribution in [0.1, 0.15) is 46.0 Å². The summed E-state index contributed by atoms with van der Waals surface area (Å²) in [5.41, 5.74) is -1.04. The monoisotopic (exact) mass is 448 g/mol. The van der Waals surface area contributed by atoms with Crippen LogP contribution in [-0.2, 0) is 23.9 Å². The van der Waals surface area contributed by atoms with Crippen LogP contribution in [0.5, 0.6) is 0 Å². The average molecular weight is 449 g/mol. The fraction of sp³-hybridized carbons (Fsp3) is 0.708. The minimum Gasteiger partial charge on any atom is -0.461 e. The number of esters is 1. The number of hydrogen-bond donors (Lipinski definition) is 1. The molecule has 3 aliphatic rings. The van der Waals surface area contributed by atoms with Gasteiger partial charge in [0.05, 0.1) is 17.9 Å². The highest BCUT2D eigenvalue weighted by atomic mass is 16.6. The summed E-state index contributed by atoms with van der Waals surface area (Å²) in [4.78, 5) is 43.7. The molecule has 32 heavy (non-hydrogen) atoms. The van der Waals surface area contributed by atoms with E-state index in [4.69, 9.17) is 9.47 Å². The maximum absolute atomic E-state index is 14.0. The van der Waals surface area contributed by atoms with Crippen molar-refractivity contribution in [2.45, 2.75) is 69.7 Å². The molecule has 0 aromatic carbocycles. The summed E-state index contributed by atoms with van der Waals surface area (Å²) in [5, 5.41) is 9.40. The molecule has 0 aliphatic carbocycles. The van der Waals surface area contributed by atoms with E-state index in [1.165, 1.54) is 11.0 Å². The molecule has 1 spiro atoms. The highest BCUT2D eigenvalue weighted by molar-refractivity contribution is 5.98. The molecule has 0 radical (unpaired) electrons. The molecule has 1 N–H and O–H groups in total. The molecule has 3 unspecified atom stereocenters. The normalized spacial score (nSPS) is 31.3. The number of aliphatic hydroxyl groups excluding tert-OH is 1. The number of rotatable bonds is 12. The van der Waals surface area contributed by atoms with Gasteiger partial charge in [-0.2, -0.15) is 0 Å². The molecule has 6 atom stereocenters. The molecule has 178 valence electrons. The number of carbonyl (C=O) groups excluding carboxylic acids is 3. The van der Waals surface area contributed by atoms with Gasteiger partial charge in [0, 0.05) is 25.7 Å². The van der Waals surface area contributed by atoms with Crippen LogP contribution in [0.25, 0.3) is 0 Å². The van der Waals surface area contributed by atoms with Crippen molar-refractivity contribution in [3.63, 3.8) is 0 Å². The van der Waals surface area contributed by atoms with E-state index in [0.717, 1.165) is 12.8 Å². The number of likely N-dealkylation sites (tertiary alicyclic amines) is 1. The predicted molar refractivity (Wildman–Crippen MR) is 118 cm³/mol. The lowest BCUT2D eigenvalue weighted by atomic mass is 9.70. The summed E-state index contributed by atoms with van der Waals surface area (Å²) in [6.45, 7) is 12.0. The molecule has 0 aromatic rings. The minimum absolute atomic E-state index is 0.0253. The molecular weight excluding hydrogens is 412 g/mol. The van der Waals surface area contributed by atoms with Crippen molar-refractivity contribution in [3.8, 4) is 0 Å². The Balaban J connectivity index is 1.99. The van der Waals surface area contributed by atoms with Gasteiger partial charge >= 0.3 is 5.97 Å². The Kier molecular flexibility index (Phi) is 7.77. The van der Waals surface area contributed by atoms with Crippen LogP contribution in [-0.4, -0.2) is 82.8 Å². The molecule has 0 aromatic heterocycles. The van der Waals surface area contributed by atoms with E-state index in [9.17, 15) is 19.5 Å². The molecule has 2 amide bonds. The Morgan fingerprint density at radius 3 is 2.78 bits per heavy atom. The second kappa shape index (κ2) is 10.2. The zero-order valence-corrected chi connectivity index (χ0v) is 19.2. The Bertz CT molecular complexity index is 755. The van der Waals surface area contributed by atoms with Gasteiger partial charge in [-0.1, -0.05) is 32.1 Å². The highest BCUT2D eigenvalue weighted by Crippen LogP contribution is 2.58. The third kappa shape index (κ3) is 3.99. The largest absolute Gasteiger partial charge is 0.461 e. The lowest BCUT2D eigenvalue weighted by molar-refractivity contribution is -0.154. The van der Waals surface area contributed by atoms with E-state index in [1.807, 2.05) is 6.92 Å². The Morgan fingerprint density at radius 2 is 2.16 bits per heavy atom. The minimum atomic E-state index is -1.04. The van der Waals surface area contributed by atoms with E-state index in [0.29, 0.717) is 25.8 Å². The van der Waals surface area contributed by atoms with Gasteiger partial charge in [-0.05, 0) is 32.6 Å². The summed E-state index contributed by atoms with van der Waals surface area (Å²) in [6.07, 6.45) is 5.97. The first kappa shape index (κ1) is 24.5. The fourth-order valence-corrected chi connectivity index (χ4v) is 5.78. The van der Waals surface area contributed by atoms with E-state index in [2.05, 4.69) is 20.1 Å². The number of carbonyl (C=O) groups is 3. The third-order valence-corrected chi connectivity index (χ3v) is 7.05. The van der Waals surface area contributed by atoms with Crippen molar-refractivity contribution >= 4 is 17.8 Å². The molecule has 3 saturated heterocycles.